The molecule has 10 heteroatoms. The van der Waals surface area contributed by atoms with Gasteiger partial charge in [0.25, 0.3) is 5.69 Å². The van der Waals surface area contributed by atoms with E-state index in [4.69, 9.17) is 0 Å². The molecule has 2 heterocycles. The summed E-state index contributed by atoms with van der Waals surface area (Å²) in [6, 6.07) is 9.67. The van der Waals surface area contributed by atoms with Crippen LogP contribution in [0.1, 0.15) is 0 Å². The topological polar surface area (TPSA) is 116 Å². The molecule has 0 aliphatic carbocycles. The number of nitrogens with zero attached hydrogens (tertiary/aromatic N) is 5. The first-order valence-corrected chi connectivity index (χ1v) is 8.50. The van der Waals surface area contributed by atoms with E-state index >= 15 is 0 Å². The van der Waals surface area contributed by atoms with E-state index in [9.17, 15) is 14.9 Å². The maximum Gasteiger partial charge on any atom is 0.292 e. The van der Waals surface area contributed by atoms with Gasteiger partial charge in [0, 0.05) is 31.1 Å². The predicted octanol–water partition coefficient (Wildman–Crippen LogP) is 2.52. The van der Waals surface area contributed by atoms with Gasteiger partial charge in [-0.05, 0) is 18.2 Å². The molecule has 0 unspecified atom stereocenters. The smallest absolute Gasteiger partial charge is 0.292 e. The molecule has 132 valence electrons. The summed E-state index contributed by atoms with van der Waals surface area (Å²) in [5.41, 5.74) is 0.833. The molecule has 26 heavy (non-hydrogen) atoms. The van der Waals surface area contributed by atoms with Gasteiger partial charge in [-0.25, -0.2) is 0 Å². The van der Waals surface area contributed by atoms with E-state index in [-0.39, 0.29) is 23.0 Å². The summed E-state index contributed by atoms with van der Waals surface area (Å²) >= 11 is 1.19. The van der Waals surface area contributed by atoms with Crippen molar-refractivity contribution in [1.82, 2.24) is 19.7 Å². The number of para-hydroxylation sites is 2. The van der Waals surface area contributed by atoms with Crippen molar-refractivity contribution in [3.8, 4) is 11.4 Å². The average Bonchev–Trinajstić information content (AvgIpc) is 3.01. The number of benzene rings is 1. The van der Waals surface area contributed by atoms with Crippen molar-refractivity contribution < 1.29 is 9.72 Å². The number of nitro benzene ring substituents is 1. The molecule has 3 aromatic rings. The van der Waals surface area contributed by atoms with Crippen LogP contribution < -0.4 is 5.32 Å². The molecule has 0 radical (unpaired) electrons. The van der Waals surface area contributed by atoms with Crippen LogP contribution in [0.3, 0.4) is 0 Å². The van der Waals surface area contributed by atoms with Crippen molar-refractivity contribution in [2.45, 2.75) is 5.16 Å². The summed E-state index contributed by atoms with van der Waals surface area (Å²) in [6.07, 6.45) is 3.35. The van der Waals surface area contributed by atoms with Crippen molar-refractivity contribution in [2.24, 2.45) is 7.05 Å². The Hall–Kier alpha value is -3.27. The van der Waals surface area contributed by atoms with E-state index in [1.54, 1.807) is 42.2 Å². The van der Waals surface area contributed by atoms with E-state index in [1.165, 1.54) is 23.9 Å². The van der Waals surface area contributed by atoms with Gasteiger partial charge < -0.3 is 9.88 Å². The van der Waals surface area contributed by atoms with Crippen molar-refractivity contribution in [1.29, 1.82) is 0 Å². The number of amides is 1. The Morgan fingerprint density at radius 2 is 2.08 bits per heavy atom. The molecular weight excluding hydrogens is 356 g/mol. The van der Waals surface area contributed by atoms with Crippen LogP contribution in [0.25, 0.3) is 11.4 Å². The molecule has 9 nitrogen and oxygen atoms in total. The molecular formula is C16H14N6O3S. The number of thioether (sulfide) groups is 1. The maximum atomic E-state index is 12.1. The molecule has 2 aromatic heterocycles. The fourth-order valence-corrected chi connectivity index (χ4v) is 2.95. The lowest BCUT2D eigenvalue weighted by Crippen LogP contribution is -2.15. The Kier molecular flexibility index (Phi) is 5.23. The van der Waals surface area contributed by atoms with E-state index in [1.807, 2.05) is 6.07 Å². The van der Waals surface area contributed by atoms with Crippen molar-refractivity contribution in [3.05, 3.63) is 58.9 Å². The van der Waals surface area contributed by atoms with Crippen molar-refractivity contribution >= 4 is 29.0 Å². The summed E-state index contributed by atoms with van der Waals surface area (Å²) in [5, 5.41) is 22.3. The third kappa shape index (κ3) is 3.86. The fourth-order valence-electron chi connectivity index (χ4n) is 2.24. The summed E-state index contributed by atoms with van der Waals surface area (Å²) < 4.78 is 1.76. The highest BCUT2D eigenvalue weighted by molar-refractivity contribution is 7.99. The molecule has 0 saturated heterocycles. The SMILES string of the molecule is Cn1c(SCC(=O)Nc2ccccc2[N+](=O)[O-])nnc1-c1cccnc1. The largest absolute Gasteiger partial charge is 0.320 e. The molecule has 0 aliphatic heterocycles. The highest BCUT2D eigenvalue weighted by Crippen LogP contribution is 2.25. The molecule has 1 amide bonds. The number of carbonyl (C=O) groups is 1. The minimum Gasteiger partial charge on any atom is -0.320 e. The van der Waals surface area contributed by atoms with Gasteiger partial charge in [0.2, 0.25) is 5.91 Å². The lowest BCUT2D eigenvalue weighted by Gasteiger charge is -2.06. The van der Waals surface area contributed by atoms with Gasteiger partial charge in [-0.15, -0.1) is 10.2 Å². The molecule has 0 bridgehead atoms. The molecule has 0 saturated carbocycles. The van der Waals surface area contributed by atoms with Crippen LogP contribution in [0.2, 0.25) is 0 Å². The third-order valence-corrected chi connectivity index (χ3v) is 4.48. The van der Waals surface area contributed by atoms with Gasteiger partial charge in [-0.3, -0.25) is 19.9 Å². The first-order chi connectivity index (χ1) is 12.6. The first kappa shape index (κ1) is 17.5. The number of carbonyl (C=O) groups excluding carboxylic acids is 1. The molecule has 0 atom stereocenters. The van der Waals surface area contributed by atoms with Gasteiger partial charge in [-0.1, -0.05) is 23.9 Å². The van der Waals surface area contributed by atoms with Crippen LogP contribution in [0.4, 0.5) is 11.4 Å². The second-order valence-electron chi connectivity index (χ2n) is 5.22. The van der Waals surface area contributed by atoms with E-state index in [0.717, 1.165) is 5.56 Å². The second-order valence-corrected chi connectivity index (χ2v) is 6.16. The predicted molar refractivity (Wildman–Crippen MR) is 96.7 cm³/mol. The lowest BCUT2D eigenvalue weighted by molar-refractivity contribution is -0.383. The molecule has 1 aromatic carbocycles. The monoisotopic (exact) mass is 370 g/mol. The summed E-state index contributed by atoms with van der Waals surface area (Å²) in [4.78, 5) is 26.6. The first-order valence-electron chi connectivity index (χ1n) is 7.52. The Morgan fingerprint density at radius 3 is 2.81 bits per heavy atom. The summed E-state index contributed by atoms with van der Waals surface area (Å²) in [6.45, 7) is 0. The minimum absolute atomic E-state index is 0.0467. The van der Waals surface area contributed by atoms with Gasteiger partial charge in [-0.2, -0.15) is 0 Å². The van der Waals surface area contributed by atoms with E-state index in [0.29, 0.717) is 11.0 Å². The Bertz CT molecular complexity index is 944. The zero-order valence-electron chi connectivity index (χ0n) is 13.7. The number of aromatic nitrogens is 4. The number of nitro groups is 1. The van der Waals surface area contributed by atoms with Gasteiger partial charge in [0.05, 0.1) is 10.7 Å². The van der Waals surface area contributed by atoms with Crippen LogP contribution in [0.15, 0.2) is 53.9 Å². The Morgan fingerprint density at radius 1 is 1.27 bits per heavy atom. The number of hydrogen-bond donors (Lipinski definition) is 1. The number of nitrogens with one attached hydrogen (secondary N) is 1. The average molecular weight is 370 g/mol. The normalized spacial score (nSPS) is 10.5. The zero-order chi connectivity index (χ0) is 18.5. The van der Waals surface area contributed by atoms with Crippen molar-refractivity contribution in [3.63, 3.8) is 0 Å². The molecule has 0 aliphatic rings. The number of pyridine rings is 1. The van der Waals surface area contributed by atoms with Crippen LogP contribution in [-0.4, -0.2) is 36.3 Å². The Balaban J connectivity index is 1.66. The van der Waals surface area contributed by atoms with E-state index < -0.39 is 4.92 Å². The second kappa shape index (κ2) is 7.74. The lowest BCUT2D eigenvalue weighted by atomic mass is 10.2. The third-order valence-electron chi connectivity index (χ3n) is 3.46. The van der Waals surface area contributed by atoms with Crippen LogP contribution in [0.5, 0.6) is 0 Å². The molecule has 0 fully saturated rings. The number of hydrogen-bond acceptors (Lipinski definition) is 7. The number of rotatable bonds is 6. The summed E-state index contributed by atoms with van der Waals surface area (Å²) in [5.74, 6) is 0.320. The maximum absolute atomic E-state index is 12.1. The van der Waals surface area contributed by atoms with E-state index in [2.05, 4.69) is 20.5 Å². The van der Waals surface area contributed by atoms with Crippen LogP contribution in [-0.2, 0) is 11.8 Å². The van der Waals surface area contributed by atoms with Crippen molar-refractivity contribution in [2.75, 3.05) is 11.1 Å². The van der Waals surface area contributed by atoms with Crippen LogP contribution in [0, 0.1) is 10.1 Å². The van der Waals surface area contributed by atoms with Gasteiger partial charge in [0.1, 0.15) is 5.69 Å². The quantitative estimate of drug-likeness (QED) is 0.402. The summed E-state index contributed by atoms with van der Waals surface area (Å²) in [7, 11) is 1.80. The minimum atomic E-state index is -0.536. The highest BCUT2D eigenvalue weighted by atomic mass is 32.2. The van der Waals surface area contributed by atoms with Crippen LogP contribution >= 0.6 is 11.8 Å². The zero-order valence-corrected chi connectivity index (χ0v) is 14.5. The van der Waals surface area contributed by atoms with Gasteiger partial charge in [0.15, 0.2) is 11.0 Å². The molecule has 0 spiro atoms. The highest BCUT2D eigenvalue weighted by Gasteiger charge is 2.16. The standard InChI is InChI=1S/C16H14N6O3S/c1-21-15(11-5-4-8-17-9-11)19-20-16(21)26-10-14(23)18-12-6-2-3-7-13(12)22(24)25/h2-9H,10H2,1H3,(H,18,23). The number of anilines is 1. The molecule has 1 N–H and O–H groups in total. The van der Waals surface area contributed by atoms with Gasteiger partial charge >= 0.3 is 0 Å². The fraction of sp³-hybridized carbons (Fsp3) is 0.125. The Labute approximate surface area is 152 Å². The molecule has 3 rings (SSSR count).